The summed E-state index contributed by atoms with van der Waals surface area (Å²) < 4.78 is 20.4. The zero-order valence-corrected chi connectivity index (χ0v) is 15.0. The largest absolute Gasteiger partial charge is 0.321 e. The second-order valence-electron chi connectivity index (χ2n) is 2.92. The van der Waals surface area contributed by atoms with Crippen LogP contribution in [0.5, 0.6) is 0 Å². The monoisotopic (exact) mass is 478 g/mol. The number of halogens is 4. The van der Waals surface area contributed by atoms with E-state index in [0.29, 0.717) is 10.7 Å². The number of hydrogen-bond donors (Lipinski definition) is 0. The summed E-state index contributed by atoms with van der Waals surface area (Å²) in [5, 5.41) is 1.04. The van der Waals surface area contributed by atoms with Crippen molar-refractivity contribution >= 4 is 72.0 Å². The molecule has 0 aliphatic rings. The molecule has 0 saturated heterocycles. The summed E-state index contributed by atoms with van der Waals surface area (Å²) >= 11 is 13.0. The van der Waals surface area contributed by atoms with E-state index in [4.69, 9.17) is 9.05 Å². The average molecular weight is 482 g/mol. The fourth-order valence-electron chi connectivity index (χ4n) is 0.423. The van der Waals surface area contributed by atoms with E-state index < -0.39 is 17.3 Å². The maximum atomic E-state index is 11.4. The Morgan fingerprint density at radius 3 is 1.57 bits per heavy atom. The van der Waals surface area contributed by atoms with Crippen molar-refractivity contribution in [3.05, 3.63) is 0 Å². The smallest absolute Gasteiger partial charge is 0.292 e. The van der Waals surface area contributed by atoms with Gasteiger partial charge in [0.25, 0.3) is 0 Å². The first-order chi connectivity index (χ1) is 6.22. The molecule has 0 spiro atoms. The van der Waals surface area contributed by atoms with Crippen LogP contribution < -0.4 is 0 Å². The van der Waals surface area contributed by atoms with Crippen LogP contribution in [0.1, 0.15) is 13.8 Å². The molecule has 86 valence electrons. The standard InChI is InChI=1S/C6H11Br4O3P/c1-5(9,3-7)12-14(11)13-6(2,10)4-8/h14H,3-4H2,1-2H3. The maximum absolute atomic E-state index is 11.4. The normalized spacial score (nSPS) is 22.4. The summed E-state index contributed by atoms with van der Waals surface area (Å²) in [6, 6.07) is 0. The molecule has 0 saturated carbocycles. The van der Waals surface area contributed by atoms with Crippen molar-refractivity contribution in [2.45, 2.75) is 22.9 Å². The highest BCUT2D eigenvalue weighted by atomic mass is 79.9. The van der Waals surface area contributed by atoms with Gasteiger partial charge in [-0.1, -0.05) is 63.7 Å². The lowest BCUT2D eigenvalue weighted by Gasteiger charge is -2.24. The Morgan fingerprint density at radius 2 is 1.36 bits per heavy atom. The van der Waals surface area contributed by atoms with Crippen LogP contribution in [0, 0.1) is 0 Å². The van der Waals surface area contributed by atoms with Crippen molar-refractivity contribution < 1.29 is 13.6 Å². The topological polar surface area (TPSA) is 35.5 Å². The Bertz CT molecular complexity index is 189. The highest BCUT2D eigenvalue weighted by Gasteiger charge is 2.28. The van der Waals surface area contributed by atoms with Crippen LogP contribution in [0.3, 0.4) is 0 Å². The summed E-state index contributed by atoms with van der Waals surface area (Å²) in [5.74, 6) is 0. The zero-order chi connectivity index (χ0) is 11.4. The Kier molecular flexibility index (Phi) is 7.71. The first-order valence-corrected chi connectivity index (χ1v) is 8.69. The molecule has 14 heavy (non-hydrogen) atoms. The van der Waals surface area contributed by atoms with E-state index in [1.54, 1.807) is 13.8 Å². The molecule has 0 amide bonds. The lowest BCUT2D eigenvalue weighted by Crippen LogP contribution is -2.23. The third-order valence-corrected chi connectivity index (χ3v) is 7.43. The summed E-state index contributed by atoms with van der Waals surface area (Å²) in [6.07, 6.45) is 0. The fourth-order valence-corrected chi connectivity index (χ4v) is 2.75. The maximum Gasteiger partial charge on any atom is 0.321 e. The molecule has 0 aliphatic carbocycles. The minimum Gasteiger partial charge on any atom is -0.292 e. The van der Waals surface area contributed by atoms with Gasteiger partial charge in [0.05, 0.1) is 0 Å². The molecule has 0 radical (unpaired) electrons. The van der Waals surface area contributed by atoms with E-state index in [1.807, 2.05) is 0 Å². The highest BCUT2D eigenvalue weighted by Crippen LogP contribution is 2.41. The molecule has 0 rings (SSSR count). The van der Waals surface area contributed by atoms with Gasteiger partial charge in [-0.15, -0.1) is 0 Å². The molecule has 0 N–H and O–H groups in total. The second-order valence-corrected chi connectivity index (χ2v) is 8.31. The Morgan fingerprint density at radius 1 is 1.07 bits per heavy atom. The quantitative estimate of drug-likeness (QED) is 0.416. The molecule has 0 bridgehead atoms. The third-order valence-electron chi connectivity index (χ3n) is 1.07. The second kappa shape index (κ2) is 6.72. The van der Waals surface area contributed by atoms with Crippen LogP contribution in [0.2, 0.25) is 0 Å². The van der Waals surface area contributed by atoms with Crippen LogP contribution in [0.25, 0.3) is 0 Å². The van der Waals surface area contributed by atoms with Gasteiger partial charge in [0, 0.05) is 10.7 Å². The lowest BCUT2D eigenvalue weighted by atomic mass is 10.5. The first-order valence-electron chi connectivity index (χ1n) is 3.64. The molecule has 2 atom stereocenters. The molecule has 0 aromatic heterocycles. The van der Waals surface area contributed by atoms with E-state index in [9.17, 15) is 4.57 Å². The summed E-state index contributed by atoms with van der Waals surface area (Å²) in [4.78, 5) is 0. The predicted molar refractivity (Wildman–Crippen MR) is 73.4 cm³/mol. The molecular formula is C6H11Br4O3P. The zero-order valence-electron chi connectivity index (χ0n) is 7.65. The number of alkyl halides is 4. The summed E-state index contributed by atoms with van der Waals surface area (Å²) in [7, 11) is -2.53. The van der Waals surface area contributed by atoms with Gasteiger partial charge in [-0.25, -0.2) is 0 Å². The third kappa shape index (κ3) is 7.36. The van der Waals surface area contributed by atoms with Gasteiger partial charge >= 0.3 is 8.25 Å². The Hall–Kier alpha value is 2.07. The Balaban J connectivity index is 4.12. The fraction of sp³-hybridized carbons (Fsp3) is 1.00. The van der Waals surface area contributed by atoms with Gasteiger partial charge in [-0.2, -0.15) is 0 Å². The van der Waals surface area contributed by atoms with Crippen LogP contribution >= 0.6 is 72.0 Å². The van der Waals surface area contributed by atoms with Crippen molar-refractivity contribution in [1.82, 2.24) is 0 Å². The van der Waals surface area contributed by atoms with Crippen molar-refractivity contribution in [2.24, 2.45) is 0 Å². The molecule has 0 fully saturated rings. The van der Waals surface area contributed by atoms with E-state index in [1.165, 1.54) is 0 Å². The van der Waals surface area contributed by atoms with Crippen molar-refractivity contribution in [2.75, 3.05) is 10.7 Å². The van der Waals surface area contributed by atoms with Gasteiger partial charge < -0.3 is 0 Å². The van der Waals surface area contributed by atoms with Crippen molar-refractivity contribution in [1.29, 1.82) is 0 Å². The predicted octanol–water partition coefficient (Wildman–Crippen LogP) is 4.42. The molecule has 0 aliphatic heterocycles. The molecule has 3 nitrogen and oxygen atoms in total. The first kappa shape index (κ1) is 16.1. The van der Waals surface area contributed by atoms with Crippen molar-refractivity contribution in [3.8, 4) is 0 Å². The number of rotatable bonds is 6. The van der Waals surface area contributed by atoms with Crippen LogP contribution in [-0.2, 0) is 13.6 Å². The molecule has 8 heteroatoms. The van der Waals surface area contributed by atoms with Gasteiger partial charge in [-0.05, 0) is 13.8 Å². The van der Waals surface area contributed by atoms with E-state index in [0.717, 1.165) is 0 Å². The molecule has 0 aromatic rings. The van der Waals surface area contributed by atoms with E-state index >= 15 is 0 Å². The van der Waals surface area contributed by atoms with Gasteiger partial charge in [-0.3, -0.25) is 13.6 Å². The highest BCUT2D eigenvalue weighted by molar-refractivity contribution is 9.12. The summed E-state index contributed by atoms with van der Waals surface area (Å²) in [5.41, 5.74) is 0. The molecule has 0 aromatic carbocycles. The van der Waals surface area contributed by atoms with Gasteiger partial charge in [0.2, 0.25) is 0 Å². The van der Waals surface area contributed by atoms with Crippen molar-refractivity contribution in [3.63, 3.8) is 0 Å². The average Bonchev–Trinajstić information content (AvgIpc) is 2.02. The number of hydrogen-bond acceptors (Lipinski definition) is 3. The molecule has 0 heterocycles. The SMILES string of the molecule is CC(Br)(CBr)O[PH](=O)OC(C)(Br)CBr. The van der Waals surface area contributed by atoms with Gasteiger partial charge in [0.15, 0.2) is 0 Å². The Labute approximate surface area is 118 Å². The van der Waals surface area contributed by atoms with E-state index in [-0.39, 0.29) is 0 Å². The molecule has 2 unspecified atom stereocenters. The summed E-state index contributed by atoms with van der Waals surface area (Å²) in [6.45, 7) is 3.51. The van der Waals surface area contributed by atoms with Gasteiger partial charge in [0.1, 0.15) is 9.02 Å². The minimum atomic E-state index is -2.53. The van der Waals surface area contributed by atoms with Crippen LogP contribution in [0.15, 0.2) is 0 Å². The lowest BCUT2D eigenvalue weighted by molar-refractivity contribution is 0.141. The molecular weight excluding hydrogens is 471 g/mol. The van der Waals surface area contributed by atoms with Crippen LogP contribution in [-0.4, -0.2) is 19.7 Å². The van der Waals surface area contributed by atoms with E-state index in [2.05, 4.69) is 63.7 Å². The minimum absolute atomic E-state index is 0.521. The van der Waals surface area contributed by atoms with Crippen LogP contribution in [0.4, 0.5) is 0 Å².